The van der Waals surface area contributed by atoms with Crippen LogP contribution in [0.4, 0.5) is 0 Å². The summed E-state index contributed by atoms with van der Waals surface area (Å²) in [6.45, 7) is 0.519. The second-order valence-corrected chi connectivity index (χ2v) is 5.34. The number of carbonyl (C=O) groups excluding carboxylic acids is 1. The van der Waals surface area contributed by atoms with E-state index < -0.39 is 0 Å². The van der Waals surface area contributed by atoms with Crippen LogP contribution in [0.1, 0.15) is 16.1 Å². The first-order valence-electron chi connectivity index (χ1n) is 7.80. The first-order chi connectivity index (χ1) is 12.2. The fourth-order valence-electron chi connectivity index (χ4n) is 2.52. The van der Waals surface area contributed by atoms with Crippen LogP contribution in [0.25, 0.3) is 11.3 Å². The van der Waals surface area contributed by atoms with Gasteiger partial charge in [0.2, 0.25) is 0 Å². The lowest BCUT2D eigenvalue weighted by Gasteiger charge is -2.08. The first-order valence-corrected chi connectivity index (χ1v) is 7.80. The molecular weight excluding hydrogens is 322 g/mol. The number of rotatable bonds is 7. The van der Waals surface area contributed by atoms with Gasteiger partial charge in [0.05, 0.1) is 32.2 Å². The van der Waals surface area contributed by atoms with Crippen LogP contribution in [0.2, 0.25) is 0 Å². The minimum Gasteiger partial charge on any atom is -0.497 e. The van der Waals surface area contributed by atoms with E-state index in [-0.39, 0.29) is 19.1 Å². The number of nitrogens with zero attached hydrogens (tertiary/aromatic N) is 3. The Bertz CT molecular complexity index is 838. The molecule has 3 rings (SSSR count). The lowest BCUT2D eigenvalue weighted by molar-refractivity contribution is 0.0938. The van der Waals surface area contributed by atoms with E-state index in [1.807, 2.05) is 24.3 Å². The third-order valence-corrected chi connectivity index (χ3v) is 3.80. The standard InChI is InChI=1S/C17H19N5O3/c1-25-14-4-2-12(3-5-14)16-13(11-19-21-16)10-18-17(24)15-6-7-20-22(15)8-9-23/h2-7,11,23H,8-10H2,1H3,(H,18,24)(H,19,21). The van der Waals surface area contributed by atoms with Crippen LogP contribution < -0.4 is 10.1 Å². The van der Waals surface area contributed by atoms with Crippen LogP contribution >= 0.6 is 0 Å². The maximum Gasteiger partial charge on any atom is 0.269 e. The smallest absolute Gasteiger partial charge is 0.269 e. The highest BCUT2D eigenvalue weighted by Crippen LogP contribution is 2.23. The molecule has 3 N–H and O–H groups in total. The number of hydrogen-bond acceptors (Lipinski definition) is 5. The Balaban J connectivity index is 1.70. The van der Waals surface area contributed by atoms with E-state index in [4.69, 9.17) is 9.84 Å². The highest BCUT2D eigenvalue weighted by molar-refractivity contribution is 5.92. The van der Waals surface area contributed by atoms with E-state index >= 15 is 0 Å². The number of carbonyl (C=O) groups is 1. The summed E-state index contributed by atoms with van der Waals surface area (Å²) in [7, 11) is 1.62. The van der Waals surface area contributed by atoms with E-state index in [2.05, 4.69) is 20.6 Å². The van der Waals surface area contributed by atoms with Gasteiger partial charge in [-0.1, -0.05) is 0 Å². The van der Waals surface area contributed by atoms with Crippen LogP contribution in [-0.2, 0) is 13.1 Å². The molecule has 8 heteroatoms. The molecule has 0 radical (unpaired) electrons. The molecule has 130 valence electrons. The number of aromatic nitrogens is 4. The summed E-state index contributed by atoms with van der Waals surface area (Å²) >= 11 is 0. The molecule has 0 unspecified atom stereocenters. The minimum atomic E-state index is -0.257. The summed E-state index contributed by atoms with van der Waals surface area (Å²) in [6, 6.07) is 9.20. The van der Waals surface area contributed by atoms with Gasteiger partial charge in [-0.15, -0.1) is 0 Å². The molecule has 0 bridgehead atoms. The maximum absolute atomic E-state index is 12.3. The number of benzene rings is 1. The number of nitrogens with one attached hydrogen (secondary N) is 2. The largest absolute Gasteiger partial charge is 0.497 e. The number of ether oxygens (including phenoxy) is 1. The van der Waals surface area contributed by atoms with Crippen molar-refractivity contribution in [1.82, 2.24) is 25.3 Å². The predicted molar refractivity (Wildman–Crippen MR) is 91.1 cm³/mol. The molecule has 0 spiro atoms. The fourth-order valence-corrected chi connectivity index (χ4v) is 2.52. The van der Waals surface area contributed by atoms with Crippen molar-refractivity contribution >= 4 is 5.91 Å². The van der Waals surface area contributed by atoms with Crippen molar-refractivity contribution in [2.24, 2.45) is 0 Å². The third-order valence-electron chi connectivity index (χ3n) is 3.80. The normalized spacial score (nSPS) is 10.6. The van der Waals surface area contributed by atoms with E-state index in [1.165, 1.54) is 10.9 Å². The molecule has 0 aliphatic heterocycles. The highest BCUT2D eigenvalue weighted by atomic mass is 16.5. The SMILES string of the molecule is COc1ccc(-c2[nH]ncc2CNC(=O)c2ccnn2CCO)cc1. The average molecular weight is 341 g/mol. The van der Waals surface area contributed by atoms with Crippen molar-refractivity contribution < 1.29 is 14.6 Å². The van der Waals surface area contributed by atoms with Crippen molar-refractivity contribution in [3.63, 3.8) is 0 Å². The van der Waals surface area contributed by atoms with Crippen LogP contribution in [-0.4, -0.2) is 44.7 Å². The molecule has 0 aliphatic rings. The Labute approximate surface area is 144 Å². The maximum atomic E-state index is 12.3. The second-order valence-electron chi connectivity index (χ2n) is 5.34. The van der Waals surface area contributed by atoms with Gasteiger partial charge in [0.25, 0.3) is 5.91 Å². The molecule has 8 nitrogen and oxygen atoms in total. The van der Waals surface area contributed by atoms with E-state index in [0.717, 1.165) is 22.6 Å². The summed E-state index contributed by atoms with van der Waals surface area (Å²) in [5.74, 6) is 0.517. The van der Waals surface area contributed by atoms with Crippen molar-refractivity contribution in [2.45, 2.75) is 13.1 Å². The average Bonchev–Trinajstić information content (AvgIpc) is 3.29. The van der Waals surface area contributed by atoms with Crippen molar-refractivity contribution in [3.05, 3.63) is 54.0 Å². The summed E-state index contributed by atoms with van der Waals surface area (Å²) in [5.41, 5.74) is 3.06. The van der Waals surface area contributed by atoms with Gasteiger partial charge >= 0.3 is 0 Å². The van der Waals surface area contributed by atoms with Gasteiger partial charge in [0.15, 0.2) is 0 Å². The number of hydrogen-bond donors (Lipinski definition) is 3. The molecule has 0 aliphatic carbocycles. The molecule has 1 amide bonds. The Hall–Kier alpha value is -3.13. The zero-order chi connectivity index (χ0) is 17.6. The Kier molecular flexibility index (Phi) is 5.10. The Morgan fingerprint density at radius 3 is 2.84 bits per heavy atom. The van der Waals surface area contributed by atoms with Gasteiger partial charge in [-0.05, 0) is 30.3 Å². The third kappa shape index (κ3) is 3.69. The zero-order valence-electron chi connectivity index (χ0n) is 13.8. The monoisotopic (exact) mass is 341 g/mol. The summed E-state index contributed by atoms with van der Waals surface area (Å²) in [5, 5.41) is 22.9. The van der Waals surface area contributed by atoms with Crippen LogP contribution in [0.3, 0.4) is 0 Å². The van der Waals surface area contributed by atoms with Gasteiger partial charge in [0.1, 0.15) is 11.4 Å². The number of H-pyrrole nitrogens is 1. The van der Waals surface area contributed by atoms with E-state index in [9.17, 15) is 4.79 Å². The fraction of sp³-hybridized carbons (Fsp3) is 0.235. The lowest BCUT2D eigenvalue weighted by atomic mass is 10.1. The molecule has 0 atom stereocenters. The number of amides is 1. The molecule has 0 saturated carbocycles. The number of methoxy groups -OCH3 is 1. The summed E-state index contributed by atoms with van der Waals surface area (Å²) in [4.78, 5) is 12.3. The Morgan fingerprint density at radius 1 is 1.32 bits per heavy atom. The zero-order valence-corrected chi connectivity index (χ0v) is 13.8. The van der Waals surface area contributed by atoms with Crippen molar-refractivity contribution in [1.29, 1.82) is 0 Å². The second kappa shape index (κ2) is 7.63. The molecule has 3 aromatic rings. The van der Waals surface area contributed by atoms with Gasteiger partial charge in [-0.25, -0.2) is 0 Å². The number of aliphatic hydroxyl groups is 1. The first kappa shape index (κ1) is 16.7. The van der Waals surface area contributed by atoms with Gasteiger partial charge < -0.3 is 15.2 Å². The van der Waals surface area contributed by atoms with E-state index in [0.29, 0.717) is 12.2 Å². The molecule has 1 aromatic carbocycles. The quantitative estimate of drug-likeness (QED) is 0.599. The molecule has 2 heterocycles. The molecule has 2 aromatic heterocycles. The molecule has 25 heavy (non-hydrogen) atoms. The number of aliphatic hydroxyl groups excluding tert-OH is 1. The molecule has 0 saturated heterocycles. The minimum absolute atomic E-state index is 0.0781. The summed E-state index contributed by atoms with van der Waals surface area (Å²) in [6.07, 6.45) is 3.22. The highest BCUT2D eigenvalue weighted by Gasteiger charge is 2.13. The predicted octanol–water partition coefficient (Wildman–Crippen LogP) is 1.20. The van der Waals surface area contributed by atoms with Crippen molar-refractivity contribution in [3.8, 4) is 17.0 Å². The van der Waals surface area contributed by atoms with Crippen LogP contribution in [0.5, 0.6) is 5.75 Å². The van der Waals surface area contributed by atoms with E-state index in [1.54, 1.807) is 19.4 Å². The van der Waals surface area contributed by atoms with Gasteiger partial charge in [0, 0.05) is 23.9 Å². The Morgan fingerprint density at radius 2 is 2.12 bits per heavy atom. The molecule has 0 fully saturated rings. The van der Waals surface area contributed by atoms with Gasteiger partial charge in [-0.2, -0.15) is 10.2 Å². The summed E-state index contributed by atoms with van der Waals surface area (Å²) < 4.78 is 6.63. The van der Waals surface area contributed by atoms with Gasteiger partial charge in [-0.3, -0.25) is 14.6 Å². The topological polar surface area (TPSA) is 105 Å². The van der Waals surface area contributed by atoms with Crippen LogP contribution in [0.15, 0.2) is 42.7 Å². The van der Waals surface area contributed by atoms with Crippen LogP contribution in [0, 0.1) is 0 Å². The lowest BCUT2D eigenvalue weighted by Crippen LogP contribution is -2.26. The molecular formula is C17H19N5O3. The number of aromatic amines is 1. The van der Waals surface area contributed by atoms with Crippen molar-refractivity contribution in [2.75, 3.05) is 13.7 Å².